The van der Waals surface area contributed by atoms with Gasteiger partial charge < -0.3 is 5.73 Å². The average Bonchev–Trinajstić information content (AvgIpc) is 2.52. The zero-order valence-electron chi connectivity index (χ0n) is 14.6. The van der Waals surface area contributed by atoms with E-state index in [4.69, 9.17) is 5.73 Å². The highest BCUT2D eigenvalue weighted by molar-refractivity contribution is 5.01. The van der Waals surface area contributed by atoms with Crippen molar-refractivity contribution in [1.29, 1.82) is 0 Å². The van der Waals surface area contributed by atoms with Crippen molar-refractivity contribution in [3.63, 3.8) is 0 Å². The van der Waals surface area contributed by atoms with Gasteiger partial charge in [0, 0.05) is 11.6 Å². The molecule has 1 saturated carbocycles. The lowest BCUT2D eigenvalue weighted by atomic mass is 9.69. The highest BCUT2D eigenvalue weighted by Crippen LogP contribution is 2.39. The molecule has 0 aromatic heterocycles. The molecule has 0 spiro atoms. The van der Waals surface area contributed by atoms with Crippen molar-refractivity contribution >= 4 is 0 Å². The summed E-state index contributed by atoms with van der Waals surface area (Å²) >= 11 is 0. The van der Waals surface area contributed by atoms with Gasteiger partial charge in [0.2, 0.25) is 0 Å². The van der Waals surface area contributed by atoms with E-state index < -0.39 is 0 Å². The number of hydrogen-bond donors (Lipinski definition) is 1. The van der Waals surface area contributed by atoms with Gasteiger partial charge in [-0.3, -0.25) is 4.90 Å². The summed E-state index contributed by atoms with van der Waals surface area (Å²) in [5.74, 6) is 1.65. The maximum absolute atomic E-state index is 6.88. The van der Waals surface area contributed by atoms with Crippen LogP contribution in [0, 0.1) is 11.8 Å². The zero-order chi connectivity index (χ0) is 15.2. The summed E-state index contributed by atoms with van der Waals surface area (Å²) in [5, 5.41) is 0. The molecule has 0 aromatic rings. The molecule has 0 amide bonds. The van der Waals surface area contributed by atoms with Gasteiger partial charge in [0.15, 0.2) is 0 Å². The second kappa shape index (κ2) is 8.38. The maximum Gasteiger partial charge on any atom is 0.0357 e. The second-order valence-electron chi connectivity index (χ2n) is 6.71. The molecular weight excluding hydrogens is 244 g/mol. The lowest BCUT2D eigenvalue weighted by Gasteiger charge is -2.50. The van der Waals surface area contributed by atoms with Crippen LogP contribution < -0.4 is 5.73 Å². The molecule has 2 nitrogen and oxygen atoms in total. The molecule has 3 unspecified atom stereocenters. The van der Waals surface area contributed by atoms with Crippen LogP contribution in [-0.4, -0.2) is 29.6 Å². The van der Waals surface area contributed by atoms with Crippen LogP contribution in [0.4, 0.5) is 0 Å². The highest BCUT2D eigenvalue weighted by Gasteiger charge is 2.42. The normalized spacial score (nSPS) is 25.9. The Hall–Kier alpha value is -0.0800. The first-order valence-electron chi connectivity index (χ1n) is 9.10. The Bertz CT molecular complexity index is 256. The van der Waals surface area contributed by atoms with Crippen molar-refractivity contribution in [2.24, 2.45) is 17.6 Å². The largest absolute Gasteiger partial charge is 0.326 e. The zero-order valence-corrected chi connectivity index (χ0v) is 14.6. The first-order chi connectivity index (χ1) is 9.59. The number of nitrogens with zero attached hydrogens (tertiary/aromatic N) is 1. The molecule has 1 aliphatic carbocycles. The Balaban J connectivity index is 2.89. The van der Waals surface area contributed by atoms with Crippen LogP contribution in [0.3, 0.4) is 0 Å². The first kappa shape index (κ1) is 18.0. The molecular formula is C18H38N2. The van der Waals surface area contributed by atoms with Gasteiger partial charge in [0.1, 0.15) is 0 Å². The van der Waals surface area contributed by atoms with E-state index in [1.165, 1.54) is 44.9 Å². The number of likely N-dealkylation sites (N-methyl/N-ethyl adjacent to an activating group) is 1. The van der Waals surface area contributed by atoms with Gasteiger partial charge >= 0.3 is 0 Å². The standard InChI is InChI=1S/C18H38N2/c1-6-15-12-11-13-16(14-15)17(19)18(7-2,8-3)20(9-4)10-5/h15-17H,6-14,19H2,1-5H3. The number of nitrogens with two attached hydrogens (primary N) is 1. The summed E-state index contributed by atoms with van der Waals surface area (Å²) in [6, 6.07) is 0.340. The van der Waals surface area contributed by atoms with Crippen molar-refractivity contribution in [3.05, 3.63) is 0 Å². The summed E-state index contributed by atoms with van der Waals surface area (Å²) in [5.41, 5.74) is 7.09. The molecule has 2 heteroatoms. The SMILES string of the molecule is CCC1CCCC(C(N)C(CC)(CC)N(CC)CC)C1. The Labute approximate surface area is 127 Å². The quantitative estimate of drug-likeness (QED) is 0.713. The van der Waals surface area contributed by atoms with Gasteiger partial charge in [-0.2, -0.15) is 0 Å². The van der Waals surface area contributed by atoms with Crippen LogP contribution >= 0.6 is 0 Å². The van der Waals surface area contributed by atoms with E-state index in [1.54, 1.807) is 0 Å². The van der Waals surface area contributed by atoms with E-state index in [9.17, 15) is 0 Å². The van der Waals surface area contributed by atoms with Crippen LogP contribution in [0.25, 0.3) is 0 Å². The topological polar surface area (TPSA) is 29.3 Å². The monoisotopic (exact) mass is 282 g/mol. The van der Waals surface area contributed by atoms with Crippen molar-refractivity contribution in [3.8, 4) is 0 Å². The molecule has 1 aliphatic rings. The summed E-state index contributed by atoms with van der Waals surface area (Å²) in [6.07, 6.45) is 9.22. The van der Waals surface area contributed by atoms with E-state index in [1.807, 2.05) is 0 Å². The van der Waals surface area contributed by atoms with Crippen molar-refractivity contribution in [2.75, 3.05) is 13.1 Å². The molecule has 0 bridgehead atoms. The molecule has 0 aliphatic heterocycles. The Morgan fingerprint density at radius 3 is 2.10 bits per heavy atom. The third kappa shape index (κ3) is 3.57. The van der Waals surface area contributed by atoms with Crippen LogP contribution in [0.5, 0.6) is 0 Å². The molecule has 1 fully saturated rings. The summed E-state index contributed by atoms with van der Waals surface area (Å²) in [6.45, 7) is 13.8. The van der Waals surface area contributed by atoms with Gasteiger partial charge in [-0.05, 0) is 50.6 Å². The third-order valence-electron chi connectivity index (χ3n) is 6.15. The summed E-state index contributed by atoms with van der Waals surface area (Å²) in [4.78, 5) is 2.63. The first-order valence-corrected chi connectivity index (χ1v) is 9.10. The van der Waals surface area contributed by atoms with Gasteiger partial charge in [-0.15, -0.1) is 0 Å². The van der Waals surface area contributed by atoms with Crippen molar-refractivity contribution < 1.29 is 0 Å². The fourth-order valence-electron chi connectivity index (χ4n) is 4.70. The van der Waals surface area contributed by atoms with Crippen LogP contribution in [-0.2, 0) is 0 Å². The van der Waals surface area contributed by atoms with E-state index in [-0.39, 0.29) is 5.54 Å². The summed E-state index contributed by atoms with van der Waals surface area (Å²) in [7, 11) is 0. The van der Waals surface area contributed by atoms with E-state index >= 15 is 0 Å². The minimum Gasteiger partial charge on any atom is -0.326 e. The molecule has 0 radical (unpaired) electrons. The average molecular weight is 283 g/mol. The molecule has 2 N–H and O–H groups in total. The van der Waals surface area contributed by atoms with Gasteiger partial charge in [-0.25, -0.2) is 0 Å². The fraction of sp³-hybridized carbons (Fsp3) is 1.00. The molecule has 20 heavy (non-hydrogen) atoms. The predicted octanol–water partition coefficient (Wildman–Crippen LogP) is 4.43. The van der Waals surface area contributed by atoms with E-state index in [2.05, 4.69) is 39.5 Å². The van der Waals surface area contributed by atoms with Crippen LogP contribution in [0.2, 0.25) is 0 Å². The smallest absolute Gasteiger partial charge is 0.0357 e. The molecule has 1 rings (SSSR count). The molecule has 120 valence electrons. The minimum atomic E-state index is 0.212. The lowest BCUT2D eigenvalue weighted by molar-refractivity contribution is 0.0287. The molecule has 0 saturated heterocycles. The Morgan fingerprint density at radius 1 is 1.05 bits per heavy atom. The number of hydrogen-bond acceptors (Lipinski definition) is 2. The minimum absolute atomic E-state index is 0.212. The molecule has 0 aromatic carbocycles. The molecule has 0 heterocycles. The van der Waals surface area contributed by atoms with Crippen molar-refractivity contribution in [2.45, 2.75) is 91.1 Å². The lowest BCUT2D eigenvalue weighted by Crippen LogP contribution is -2.62. The van der Waals surface area contributed by atoms with Gasteiger partial charge in [-0.1, -0.05) is 53.9 Å². The Kier molecular flexibility index (Phi) is 7.53. The highest BCUT2D eigenvalue weighted by atomic mass is 15.2. The summed E-state index contributed by atoms with van der Waals surface area (Å²) < 4.78 is 0. The van der Waals surface area contributed by atoms with Gasteiger partial charge in [0.05, 0.1) is 0 Å². The fourth-order valence-corrected chi connectivity index (χ4v) is 4.70. The van der Waals surface area contributed by atoms with Gasteiger partial charge in [0.25, 0.3) is 0 Å². The van der Waals surface area contributed by atoms with Crippen molar-refractivity contribution in [1.82, 2.24) is 4.90 Å². The molecule has 3 atom stereocenters. The predicted molar refractivity (Wildman–Crippen MR) is 89.9 cm³/mol. The van der Waals surface area contributed by atoms with E-state index in [0.717, 1.165) is 24.9 Å². The third-order valence-corrected chi connectivity index (χ3v) is 6.15. The maximum atomic E-state index is 6.88. The number of rotatable bonds is 8. The Morgan fingerprint density at radius 2 is 1.65 bits per heavy atom. The van der Waals surface area contributed by atoms with E-state index in [0.29, 0.717) is 6.04 Å². The van der Waals surface area contributed by atoms with Crippen LogP contribution in [0.15, 0.2) is 0 Å². The van der Waals surface area contributed by atoms with Crippen LogP contribution in [0.1, 0.15) is 79.6 Å². The second-order valence-corrected chi connectivity index (χ2v) is 6.71.